The van der Waals surface area contributed by atoms with E-state index in [1.165, 1.54) is 26.6 Å². The van der Waals surface area contributed by atoms with Gasteiger partial charge in [0.05, 0.1) is 22.8 Å². The molecule has 0 radical (unpaired) electrons. The van der Waals surface area contributed by atoms with Crippen LogP contribution in [-0.4, -0.2) is 52.4 Å². The molecule has 31 heavy (non-hydrogen) atoms. The second-order valence-corrected chi connectivity index (χ2v) is 10.4. The van der Waals surface area contributed by atoms with E-state index in [1.54, 1.807) is 12.1 Å². The Bertz CT molecular complexity index is 1080. The fourth-order valence-electron chi connectivity index (χ4n) is 4.16. The fourth-order valence-corrected chi connectivity index (χ4v) is 5.08. The Kier molecular flexibility index (Phi) is 6.20. The number of piperidine rings is 1. The number of rotatable bonds is 5. The number of fused-ring (bicyclic) bond motifs is 1. The monoisotopic (exact) mass is 443 g/mol. The van der Waals surface area contributed by atoms with Crippen molar-refractivity contribution in [3.05, 3.63) is 47.5 Å². The van der Waals surface area contributed by atoms with Gasteiger partial charge in [0.25, 0.3) is 5.91 Å². The first-order valence-corrected chi connectivity index (χ1v) is 12.2. The number of para-hydroxylation sites is 1. The van der Waals surface area contributed by atoms with Crippen molar-refractivity contribution in [1.29, 1.82) is 0 Å². The number of hydrogen-bond acceptors (Lipinski definition) is 5. The van der Waals surface area contributed by atoms with Gasteiger partial charge in [0.2, 0.25) is 10.0 Å². The van der Waals surface area contributed by atoms with Gasteiger partial charge in [-0.2, -0.15) is 0 Å². The second kappa shape index (κ2) is 8.88. The van der Waals surface area contributed by atoms with E-state index in [1.807, 2.05) is 18.2 Å². The first kappa shape index (κ1) is 21.6. The standard InChI is InChI=1S/C23H29N3O4S/c1-25(2)31(28,29)18-11-12-21(26-13-4-3-5-14-26)19(16-18)23(27)24-20-10-6-8-17-9-7-15-30-22(17)20/h6,8,10-12,16H,3-5,7,9,13-15H2,1-2H3,(H,24,27). The molecular weight excluding hydrogens is 414 g/mol. The van der Waals surface area contributed by atoms with E-state index in [0.717, 1.165) is 54.3 Å². The lowest BCUT2D eigenvalue weighted by atomic mass is 10.0. The molecule has 1 N–H and O–H groups in total. The van der Waals surface area contributed by atoms with Crippen LogP contribution in [-0.2, 0) is 16.4 Å². The summed E-state index contributed by atoms with van der Waals surface area (Å²) < 4.78 is 32.4. The normalized spacial score (nSPS) is 16.5. The number of aryl methyl sites for hydroxylation is 1. The summed E-state index contributed by atoms with van der Waals surface area (Å²) in [5.74, 6) is 0.373. The van der Waals surface area contributed by atoms with Crippen LogP contribution in [0.1, 0.15) is 41.6 Å². The van der Waals surface area contributed by atoms with Crippen molar-refractivity contribution < 1.29 is 17.9 Å². The minimum Gasteiger partial charge on any atom is -0.491 e. The quantitative estimate of drug-likeness (QED) is 0.765. The van der Waals surface area contributed by atoms with Crippen LogP contribution < -0.4 is 15.0 Å². The number of anilines is 2. The maximum absolute atomic E-state index is 13.4. The molecule has 2 aromatic rings. The number of amides is 1. The maximum atomic E-state index is 13.4. The van der Waals surface area contributed by atoms with Gasteiger partial charge >= 0.3 is 0 Å². The SMILES string of the molecule is CN(C)S(=O)(=O)c1ccc(N2CCCCC2)c(C(=O)Nc2cccc3c2OCCC3)c1. The summed E-state index contributed by atoms with van der Waals surface area (Å²) in [6, 6.07) is 10.6. The molecule has 8 heteroatoms. The molecule has 2 aliphatic heterocycles. The van der Waals surface area contributed by atoms with E-state index in [9.17, 15) is 13.2 Å². The van der Waals surface area contributed by atoms with Crippen LogP contribution in [0.5, 0.6) is 5.75 Å². The van der Waals surface area contributed by atoms with Crippen molar-refractivity contribution in [1.82, 2.24) is 4.31 Å². The van der Waals surface area contributed by atoms with Crippen LogP contribution in [0.4, 0.5) is 11.4 Å². The highest BCUT2D eigenvalue weighted by Gasteiger charge is 2.25. The number of benzene rings is 2. The van der Waals surface area contributed by atoms with Gasteiger partial charge in [0.1, 0.15) is 5.75 Å². The van der Waals surface area contributed by atoms with E-state index >= 15 is 0 Å². The lowest BCUT2D eigenvalue weighted by Gasteiger charge is -2.30. The third kappa shape index (κ3) is 4.41. The summed E-state index contributed by atoms with van der Waals surface area (Å²) in [6.45, 7) is 2.32. The zero-order valence-electron chi connectivity index (χ0n) is 18.1. The van der Waals surface area contributed by atoms with Gasteiger partial charge < -0.3 is 15.0 Å². The Morgan fingerprint density at radius 2 is 1.84 bits per heavy atom. The topological polar surface area (TPSA) is 79.0 Å². The van der Waals surface area contributed by atoms with Gasteiger partial charge in [0.15, 0.2) is 0 Å². The zero-order chi connectivity index (χ0) is 22.0. The first-order valence-electron chi connectivity index (χ1n) is 10.8. The fraction of sp³-hybridized carbons (Fsp3) is 0.435. The number of ether oxygens (including phenoxy) is 1. The van der Waals surface area contributed by atoms with Crippen LogP contribution in [0.15, 0.2) is 41.3 Å². The Morgan fingerprint density at radius 1 is 1.06 bits per heavy atom. The third-order valence-corrected chi connectivity index (χ3v) is 7.68. The van der Waals surface area contributed by atoms with Gasteiger partial charge in [-0.15, -0.1) is 0 Å². The van der Waals surface area contributed by atoms with Crippen LogP contribution in [0.2, 0.25) is 0 Å². The molecule has 0 bridgehead atoms. The predicted molar refractivity (Wildman–Crippen MR) is 122 cm³/mol. The van der Waals surface area contributed by atoms with E-state index in [0.29, 0.717) is 23.6 Å². The second-order valence-electron chi connectivity index (χ2n) is 8.21. The van der Waals surface area contributed by atoms with Crippen molar-refractivity contribution >= 4 is 27.3 Å². The predicted octanol–water partition coefficient (Wildman–Crippen LogP) is 3.50. The average Bonchev–Trinajstić information content (AvgIpc) is 2.79. The molecular formula is C23H29N3O4S. The molecule has 0 aromatic heterocycles. The van der Waals surface area contributed by atoms with E-state index < -0.39 is 10.0 Å². The van der Waals surface area contributed by atoms with Crippen molar-refractivity contribution in [3.8, 4) is 5.75 Å². The summed E-state index contributed by atoms with van der Waals surface area (Å²) in [5, 5.41) is 2.97. The molecule has 7 nitrogen and oxygen atoms in total. The minimum atomic E-state index is -3.66. The van der Waals surface area contributed by atoms with Crippen molar-refractivity contribution in [2.24, 2.45) is 0 Å². The highest BCUT2D eigenvalue weighted by molar-refractivity contribution is 7.89. The average molecular weight is 444 g/mol. The zero-order valence-corrected chi connectivity index (χ0v) is 18.9. The number of nitrogens with one attached hydrogen (secondary N) is 1. The summed E-state index contributed by atoms with van der Waals surface area (Å²) in [4.78, 5) is 15.7. The minimum absolute atomic E-state index is 0.106. The molecule has 0 unspecified atom stereocenters. The van der Waals surface area contributed by atoms with Crippen LogP contribution in [0.3, 0.4) is 0 Å². The molecule has 1 fully saturated rings. The summed E-state index contributed by atoms with van der Waals surface area (Å²) in [6.07, 6.45) is 5.14. The molecule has 166 valence electrons. The van der Waals surface area contributed by atoms with E-state index in [2.05, 4.69) is 10.2 Å². The maximum Gasteiger partial charge on any atom is 0.257 e. The first-order chi connectivity index (χ1) is 14.9. The molecule has 2 aromatic carbocycles. The van der Waals surface area contributed by atoms with Crippen LogP contribution in [0.25, 0.3) is 0 Å². The molecule has 0 atom stereocenters. The lowest BCUT2D eigenvalue weighted by molar-refractivity contribution is 0.102. The molecule has 4 rings (SSSR count). The highest BCUT2D eigenvalue weighted by atomic mass is 32.2. The third-order valence-electron chi connectivity index (χ3n) is 5.87. The Balaban J connectivity index is 1.73. The Hall–Kier alpha value is -2.58. The molecule has 2 heterocycles. The number of sulfonamides is 1. The van der Waals surface area contributed by atoms with Gasteiger partial charge in [-0.3, -0.25) is 4.79 Å². The van der Waals surface area contributed by atoms with Crippen LogP contribution >= 0.6 is 0 Å². The lowest BCUT2D eigenvalue weighted by Crippen LogP contribution is -2.32. The number of carbonyl (C=O) groups is 1. The number of nitrogens with zero attached hydrogens (tertiary/aromatic N) is 2. The molecule has 0 saturated carbocycles. The van der Waals surface area contributed by atoms with Crippen molar-refractivity contribution in [2.45, 2.75) is 37.0 Å². The summed E-state index contributed by atoms with van der Waals surface area (Å²) in [5.41, 5.74) is 2.82. The summed E-state index contributed by atoms with van der Waals surface area (Å²) in [7, 11) is -0.683. The van der Waals surface area contributed by atoms with Gasteiger partial charge in [-0.25, -0.2) is 12.7 Å². The molecule has 0 aliphatic carbocycles. The van der Waals surface area contributed by atoms with Gasteiger partial charge in [-0.05, 0) is 61.9 Å². The summed E-state index contributed by atoms with van der Waals surface area (Å²) >= 11 is 0. The van der Waals surface area contributed by atoms with Crippen LogP contribution in [0, 0.1) is 0 Å². The molecule has 1 amide bonds. The van der Waals surface area contributed by atoms with Crippen molar-refractivity contribution in [3.63, 3.8) is 0 Å². The smallest absolute Gasteiger partial charge is 0.257 e. The van der Waals surface area contributed by atoms with E-state index in [-0.39, 0.29) is 10.8 Å². The highest BCUT2D eigenvalue weighted by Crippen LogP contribution is 2.34. The van der Waals surface area contributed by atoms with Crippen molar-refractivity contribution in [2.75, 3.05) is 44.0 Å². The largest absolute Gasteiger partial charge is 0.491 e. The van der Waals surface area contributed by atoms with Gasteiger partial charge in [-0.1, -0.05) is 12.1 Å². The Morgan fingerprint density at radius 3 is 2.58 bits per heavy atom. The van der Waals surface area contributed by atoms with E-state index in [4.69, 9.17) is 4.74 Å². The molecule has 0 spiro atoms. The Labute approximate surface area is 184 Å². The number of hydrogen-bond donors (Lipinski definition) is 1. The molecule has 1 saturated heterocycles. The van der Waals surface area contributed by atoms with Gasteiger partial charge in [0, 0.05) is 32.9 Å². The molecule has 2 aliphatic rings. The number of carbonyl (C=O) groups excluding carboxylic acids is 1.